The lowest BCUT2D eigenvalue weighted by Crippen LogP contribution is -2.45. The highest BCUT2D eigenvalue weighted by Gasteiger charge is 2.34. The number of nitrogens with one attached hydrogen (secondary N) is 1. The van der Waals surface area contributed by atoms with Gasteiger partial charge in [-0.2, -0.15) is 0 Å². The highest BCUT2D eigenvalue weighted by Crippen LogP contribution is 2.35. The van der Waals surface area contributed by atoms with Crippen LogP contribution in [0, 0.1) is 6.92 Å². The van der Waals surface area contributed by atoms with Gasteiger partial charge in [-0.1, -0.05) is 71.9 Å². The lowest BCUT2D eigenvalue weighted by atomic mass is 9.98. The van der Waals surface area contributed by atoms with Crippen LogP contribution in [0.1, 0.15) is 22.7 Å². The van der Waals surface area contributed by atoms with Crippen molar-refractivity contribution in [1.29, 1.82) is 0 Å². The Morgan fingerprint density at radius 2 is 1.54 bits per heavy atom. The fraction of sp³-hybridized carbons (Fsp3) is 0.188. The van der Waals surface area contributed by atoms with Gasteiger partial charge in [-0.05, 0) is 35.7 Å². The number of carbonyl (C=O) groups excluding carboxylic acids is 2. The van der Waals surface area contributed by atoms with Gasteiger partial charge in [0.15, 0.2) is 0 Å². The molecule has 0 radical (unpaired) electrons. The van der Waals surface area contributed by atoms with Gasteiger partial charge in [0.1, 0.15) is 29.6 Å². The molecule has 0 unspecified atom stereocenters. The van der Waals surface area contributed by atoms with Crippen molar-refractivity contribution in [2.45, 2.75) is 26.1 Å². The van der Waals surface area contributed by atoms with Crippen molar-refractivity contribution >= 4 is 28.5 Å². The summed E-state index contributed by atoms with van der Waals surface area (Å²) < 4.78 is 12.6. The van der Waals surface area contributed by atoms with E-state index in [0.29, 0.717) is 40.3 Å². The maximum atomic E-state index is 14.3. The first-order chi connectivity index (χ1) is 20.0. The van der Waals surface area contributed by atoms with E-state index >= 15 is 0 Å². The van der Waals surface area contributed by atoms with Gasteiger partial charge in [0.25, 0.3) is 0 Å². The molecule has 1 aromatic heterocycles. The first kappa shape index (κ1) is 27.4. The molecule has 0 saturated carbocycles. The van der Waals surface area contributed by atoms with Crippen LogP contribution < -0.4 is 19.7 Å². The van der Waals surface area contributed by atoms with Gasteiger partial charge in [-0.25, -0.2) is 4.68 Å². The average molecular weight is 550 g/mol. The summed E-state index contributed by atoms with van der Waals surface area (Å²) in [6.07, 6.45) is 0. The van der Waals surface area contributed by atoms with Gasteiger partial charge < -0.3 is 14.8 Å². The Morgan fingerprint density at radius 3 is 2.24 bits per heavy atom. The number of methoxy groups -OCH3 is 2. The number of nitrogens with zero attached hydrogens (tertiary/aromatic N) is 4. The molecule has 0 aliphatic carbocycles. The summed E-state index contributed by atoms with van der Waals surface area (Å²) in [5.74, 6) is 0.272. The summed E-state index contributed by atoms with van der Waals surface area (Å²) in [4.78, 5) is 29.9. The van der Waals surface area contributed by atoms with Gasteiger partial charge in [0.2, 0.25) is 11.8 Å². The number of aromatic nitrogens is 3. The smallest absolute Gasteiger partial charge is 0.249 e. The van der Waals surface area contributed by atoms with Crippen LogP contribution in [-0.2, 0) is 22.7 Å². The number of hydrogen-bond acceptors (Lipinski definition) is 6. The molecule has 0 spiro atoms. The molecule has 9 heteroatoms. The van der Waals surface area contributed by atoms with Gasteiger partial charge in [0, 0.05) is 24.7 Å². The highest BCUT2D eigenvalue weighted by atomic mass is 16.5. The van der Waals surface area contributed by atoms with Crippen molar-refractivity contribution in [1.82, 2.24) is 20.3 Å². The van der Waals surface area contributed by atoms with Crippen LogP contribution in [0.25, 0.3) is 11.0 Å². The zero-order valence-electron chi connectivity index (χ0n) is 23.2. The summed E-state index contributed by atoms with van der Waals surface area (Å²) in [6, 6.07) is 28.8. The van der Waals surface area contributed by atoms with E-state index in [0.717, 1.165) is 11.1 Å². The zero-order valence-corrected chi connectivity index (χ0v) is 23.2. The summed E-state index contributed by atoms with van der Waals surface area (Å²) in [5, 5.41) is 11.5. The van der Waals surface area contributed by atoms with E-state index in [9.17, 15) is 9.59 Å². The number of carbonyl (C=O) groups is 2. The number of aryl methyl sites for hydroxylation is 1. The SMILES string of the molecule is COc1cc(OC)cc(N(C(=O)Cn2nnc3ccccc32)[C@@H](C(=O)NCc2ccccc2)c2ccccc2C)c1. The number of fused-ring (bicyclic) bond motifs is 1. The Bertz CT molecular complexity index is 1650. The fourth-order valence-corrected chi connectivity index (χ4v) is 4.78. The molecule has 1 atom stereocenters. The van der Waals surface area contributed by atoms with Crippen LogP contribution in [-0.4, -0.2) is 41.0 Å². The van der Waals surface area contributed by atoms with E-state index in [1.54, 1.807) is 22.9 Å². The van der Waals surface area contributed by atoms with Crippen molar-refractivity contribution in [3.05, 3.63) is 114 Å². The molecule has 4 aromatic carbocycles. The van der Waals surface area contributed by atoms with E-state index < -0.39 is 6.04 Å². The number of hydrogen-bond donors (Lipinski definition) is 1. The van der Waals surface area contributed by atoms with Crippen molar-refractivity contribution < 1.29 is 19.1 Å². The third-order valence-electron chi connectivity index (χ3n) is 6.89. The molecular formula is C32H31N5O4. The van der Waals surface area contributed by atoms with Gasteiger partial charge >= 0.3 is 0 Å². The topological polar surface area (TPSA) is 98.6 Å². The second-order valence-electron chi connectivity index (χ2n) is 9.53. The predicted molar refractivity (Wildman–Crippen MR) is 157 cm³/mol. The molecule has 0 bridgehead atoms. The molecule has 5 rings (SSSR count). The molecule has 1 heterocycles. The summed E-state index contributed by atoms with van der Waals surface area (Å²) in [6.45, 7) is 2.08. The summed E-state index contributed by atoms with van der Waals surface area (Å²) in [7, 11) is 3.08. The number of amides is 2. The maximum Gasteiger partial charge on any atom is 0.249 e. The fourth-order valence-electron chi connectivity index (χ4n) is 4.78. The molecule has 0 aliphatic rings. The molecular weight excluding hydrogens is 518 g/mol. The molecule has 0 fully saturated rings. The Balaban J connectivity index is 1.62. The molecule has 1 N–H and O–H groups in total. The second-order valence-corrected chi connectivity index (χ2v) is 9.53. The van der Waals surface area contributed by atoms with Crippen molar-refractivity contribution in [3.63, 3.8) is 0 Å². The van der Waals surface area contributed by atoms with Crippen molar-refractivity contribution in [2.24, 2.45) is 0 Å². The van der Waals surface area contributed by atoms with Gasteiger partial charge in [0.05, 0.1) is 25.4 Å². The average Bonchev–Trinajstić information content (AvgIpc) is 3.41. The van der Waals surface area contributed by atoms with Crippen LogP contribution >= 0.6 is 0 Å². The monoisotopic (exact) mass is 549 g/mol. The third-order valence-corrected chi connectivity index (χ3v) is 6.89. The largest absolute Gasteiger partial charge is 0.497 e. The van der Waals surface area contributed by atoms with Crippen molar-refractivity contribution in [2.75, 3.05) is 19.1 Å². The Morgan fingerprint density at radius 1 is 0.878 bits per heavy atom. The molecule has 0 saturated heterocycles. The molecule has 208 valence electrons. The highest BCUT2D eigenvalue weighted by molar-refractivity contribution is 6.02. The van der Waals surface area contributed by atoms with Crippen LogP contribution in [0.15, 0.2) is 97.1 Å². The molecule has 5 aromatic rings. The van der Waals surface area contributed by atoms with Crippen molar-refractivity contribution in [3.8, 4) is 11.5 Å². The van der Waals surface area contributed by atoms with Gasteiger partial charge in [-0.3, -0.25) is 14.5 Å². The number of ether oxygens (including phenoxy) is 2. The van der Waals surface area contributed by atoms with Crippen LogP contribution in [0.3, 0.4) is 0 Å². The number of para-hydroxylation sites is 1. The standard InChI is InChI=1S/C32H31N5O4/c1-22-11-7-8-14-27(22)31(32(39)33-20-23-12-5-4-6-13-23)37(24-17-25(40-2)19-26(18-24)41-3)30(38)21-36-29-16-10-9-15-28(29)34-35-36/h4-19,31H,20-21H2,1-3H3,(H,33,39)/t31-/m1/s1. The minimum atomic E-state index is -1.00. The lowest BCUT2D eigenvalue weighted by molar-refractivity contribution is -0.127. The van der Waals surface area contributed by atoms with Crippen LogP contribution in [0.4, 0.5) is 5.69 Å². The summed E-state index contributed by atoms with van der Waals surface area (Å²) in [5.41, 5.74) is 4.33. The summed E-state index contributed by atoms with van der Waals surface area (Å²) >= 11 is 0. The van der Waals surface area contributed by atoms with E-state index in [2.05, 4.69) is 15.6 Å². The minimum Gasteiger partial charge on any atom is -0.497 e. The van der Waals surface area contributed by atoms with Crippen LogP contribution in [0.5, 0.6) is 11.5 Å². The first-order valence-electron chi connectivity index (χ1n) is 13.2. The number of rotatable bonds is 10. The Labute approximate surface area is 238 Å². The molecule has 41 heavy (non-hydrogen) atoms. The third kappa shape index (κ3) is 6.04. The Hall–Kier alpha value is -5.18. The number of anilines is 1. The normalized spacial score (nSPS) is 11.6. The lowest BCUT2D eigenvalue weighted by Gasteiger charge is -2.32. The van der Waals surface area contributed by atoms with E-state index in [1.165, 1.54) is 19.1 Å². The Kier molecular flexibility index (Phi) is 8.24. The maximum absolute atomic E-state index is 14.3. The quantitative estimate of drug-likeness (QED) is 0.268. The van der Waals surface area contributed by atoms with E-state index in [1.807, 2.05) is 85.8 Å². The van der Waals surface area contributed by atoms with Crippen LogP contribution in [0.2, 0.25) is 0 Å². The molecule has 9 nitrogen and oxygen atoms in total. The van der Waals surface area contributed by atoms with E-state index in [4.69, 9.17) is 9.47 Å². The zero-order chi connectivity index (χ0) is 28.8. The molecule has 2 amide bonds. The van der Waals surface area contributed by atoms with E-state index in [-0.39, 0.29) is 18.4 Å². The number of benzene rings is 4. The van der Waals surface area contributed by atoms with Gasteiger partial charge in [-0.15, -0.1) is 5.10 Å². The second kappa shape index (κ2) is 12.3. The predicted octanol–water partition coefficient (Wildman–Crippen LogP) is 4.85. The molecule has 0 aliphatic heterocycles. The first-order valence-corrected chi connectivity index (χ1v) is 13.2. The minimum absolute atomic E-state index is 0.144.